The molecule has 7 rings (SSSR count). The van der Waals surface area contributed by atoms with E-state index >= 15 is 4.39 Å². The van der Waals surface area contributed by atoms with E-state index in [1.807, 2.05) is 36.5 Å². The van der Waals surface area contributed by atoms with Gasteiger partial charge in [-0.3, -0.25) is 4.79 Å². The average Bonchev–Trinajstić information content (AvgIpc) is 3.82. The first kappa shape index (κ1) is 36.8. The van der Waals surface area contributed by atoms with Gasteiger partial charge in [-0.1, -0.05) is 51.3 Å². The van der Waals surface area contributed by atoms with Gasteiger partial charge in [0.25, 0.3) is 0 Å². The standard InChI is InChI=1S/C42H56FN5O3S/c1-3-40-44-22-25-47(40)30-42(33-10-8-11-34(43)26-33,38-14-9-15-39(38)45-41(49)4-2)32-20-23-46(24-21-32)27-31-28-48(29-31)35-16-18-37(19-17-35)52(50,51)36-12-6-5-7-13-36/h4,8,10-11,16-19,22,25-26,31-32,36,38-39H,2-3,5-7,9,12-15,20-21,23-24,27-30H2,1H3,(H,45,49)/t38-,39-,42?/m0/s1. The molecule has 4 fully saturated rings. The maximum Gasteiger partial charge on any atom is 0.243 e. The van der Waals surface area contributed by atoms with Crippen LogP contribution in [0.3, 0.4) is 0 Å². The fourth-order valence-electron chi connectivity index (χ4n) is 10.2. The van der Waals surface area contributed by atoms with Crippen molar-refractivity contribution in [2.24, 2.45) is 17.8 Å². The van der Waals surface area contributed by atoms with Gasteiger partial charge in [0, 0.05) is 68.1 Å². The van der Waals surface area contributed by atoms with E-state index in [9.17, 15) is 13.2 Å². The minimum absolute atomic E-state index is 0.0113. The molecule has 52 heavy (non-hydrogen) atoms. The summed E-state index contributed by atoms with van der Waals surface area (Å²) in [5.41, 5.74) is 1.73. The molecule has 8 nitrogen and oxygen atoms in total. The Morgan fingerprint density at radius 2 is 1.75 bits per heavy atom. The monoisotopic (exact) mass is 729 g/mol. The first-order chi connectivity index (χ1) is 25.2. The molecule has 10 heteroatoms. The van der Waals surface area contributed by atoms with Gasteiger partial charge in [-0.15, -0.1) is 0 Å². The lowest BCUT2D eigenvalue weighted by molar-refractivity contribution is -0.117. The molecule has 2 saturated carbocycles. The topological polar surface area (TPSA) is 87.5 Å². The number of aromatic nitrogens is 2. The summed E-state index contributed by atoms with van der Waals surface area (Å²) in [6, 6.07) is 14.8. The molecule has 0 bridgehead atoms. The number of imidazole rings is 1. The summed E-state index contributed by atoms with van der Waals surface area (Å²) in [7, 11) is -3.26. The van der Waals surface area contributed by atoms with E-state index in [-0.39, 0.29) is 28.9 Å². The Hall–Kier alpha value is -3.50. The Labute approximate surface area is 309 Å². The van der Waals surface area contributed by atoms with E-state index < -0.39 is 15.3 Å². The predicted molar refractivity (Wildman–Crippen MR) is 205 cm³/mol. The van der Waals surface area contributed by atoms with Crippen LogP contribution in [-0.2, 0) is 33.0 Å². The van der Waals surface area contributed by atoms with Crippen molar-refractivity contribution in [3.8, 4) is 0 Å². The Balaban J connectivity index is 1.05. The van der Waals surface area contributed by atoms with Crippen molar-refractivity contribution in [2.75, 3.05) is 37.6 Å². The minimum atomic E-state index is -3.26. The van der Waals surface area contributed by atoms with Crippen molar-refractivity contribution >= 4 is 21.4 Å². The molecule has 0 spiro atoms. The number of carbonyl (C=O) groups is 1. The molecule has 280 valence electrons. The second-order valence-electron chi connectivity index (χ2n) is 15.9. The van der Waals surface area contributed by atoms with Gasteiger partial charge in [0.1, 0.15) is 11.6 Å². The summed E-state index contributed by atoms with van der Waals surface area (Å²) in [5.74, 6) is 1.66. The molecule has 1 amide bonds. The SMILES string of the molecule is C=CC(=O)N[C@H]1CCC[C@@H]1C(Cn1ccnc1CC)(c1cccc(F)c1)C1CCN(CC2CN(c3ccc(S(=O)(=O)C4CCCCC4)cc3)C2)CC1. The second kappa shape index (κ2) is 15.8. The summed E-state index contributed by atoms with van der Waals surface area (Å²) >= 11 is 0. The maximum atomic E-state index is 15.2. The number of hydrogen-bond acceptors (Lipinski definition) is 6. The Bertz CT molecular complexity index is 1790. The van der Waals surface area contributed by atoms with Crippen molar-refractivity contribution in [2.45, 2.75) is 106 Å². The molecule has 1 aromatic heterocycles. The number of piperidine rings is 1. The van der Waals surface area contributed by atoms with Gasteiger partial charge >= 0.3 is 0 Å². The molecule has 1 N–H and O–H groups in total. The van der Waals surface area contributed by atoms with Crippen LogP contribution in [-0.4, -0.2) is 72.8 Å². The zero-order valence-electron chi connectivity index (χ0n) is 30.8. The number of rotatable bonds is 13. The number of nitrogens with one attached hydrogen (secondary N) is 1. The summed E-state index contributed by atoms with van der Waals surface area (Å²) in [6.45, 7) is 11.5. The summed E-state index contributed by atoms with van der Waals surface area (Å²) in [6.07, 6.45) is 15.7. The number of benzene rings is 2. The van der Waals surface area contributed by atoms with Gasteiger partial charge in [-0.25, -0.2) is 17.8 Å². The highest BCUT2D eigenvalue weighted by Crippen LogP contribution is 2.52. The lowest BCUT2D eigenvalue weighted by atomic mass is 9.58. The molecule has 2 aliphatic carbocycles. The van der Waals surface area contributed by atoms with Crippen LogP contribution in [0.4, 0.5) is 10.1 Å². The van der Waals surface area contributed by atoms with Gasteiger partial charge in [-0.05, 0) is 111 Å². The number of sulfone groups is 1. The fraction of sp³-hybridized carbons (Fsp3) is 0.571. The van der Waals surface area contributed by atoms with Crippen LogP contribution < -0.4 is 10.2 Å². The van der Waals surface area contributed by atoms with Crippen LogP contribution in [0, 0.1) is 23.6 Å². The average molecular weight is 730 g/mol. The lowest BCUT2D eigenvalue weighted by Crippen LogP contribution is -2.56. The minimum Gasteiger partial charge on any atom is -0.371 e. The maximum absolute atomic E-state index is 15.2. The van der Waals surface area contributed by atoms with E-state index in [0.717, 1.165) is 120 Å². The molecule has 2 aliphatic heterocycles. The number of anilines is 1. The van der Waals surface area contributed by atoms with Gasteiger partial charge in [0.05, 0.1) is 10.1 Å². The Morgan fingerprint density at radius 3 is 2.44 bits per heavy atom. The number of aryl methyl sites for hydroxylation is 1. The van der Waals surface area contributed by atoms with Crippen molar-refractivity contribution in [3.05, 3.63) is 90.8 Å². The molecule has 3 heterocycles. The number of carbonyl (C=O) groups excluding carboxylic acids is 1. The third-order valence-electron chi connectivity index (χ3n) is 12.9. The highest BCUT2D eigenvalue weighted by molar-refractivity contribution is 7.92. The van der Waals surface area contributed by atoms with Gasteiger partial charge in [0.15, 0.2) is 9.84 Å². The summed E-state index contributed by atoms with van der Waals surface area (Å²) in [5, 5.41) is 3.05. The molecule has 2 saturated heterocycles. The number of likely N-dealkylation sites (tertiary alicyclic amines) is 1. The molecular formula is C42H56FN5O3S. The third-order valence-corrected chi connectivity index (χ3v) is 15.2. The molecule has 1 unspecified atom stereocenters. The Morgan fingerprint density at radius 1 is 1.00 bits per heavy atom. The van der Waals surface area contributed by atoms with E-state index in [2.05, 4.69) is 50.4 Å². The largest absolute Gasteiger partial charge is 0.371 e. The lowest BCUT2D eigenvalue weighted by Gasteiger charge is -2.51. The van der Waals surface area contributed by atoms with Crippen molar-refractivity contribution in [1.29, 1.82) is 0 Å². The smallest absolute Gasteiger partial charge is 0.243 e. The quantitative estimate of drug-likeness (QED) is 0.192. The van der Waals surface area contributed by atoms with E-state index in [1.165, 1.54) is 12.1 Å². The number of amides is 1. The predicted octanol–water partition coefficient (Wildman–Crippen LogP) is 6.95. The summed E-state index contributed by atoms with van der Waals surface area (Å²) < 4.78 is 43.8. The second-order valence-corrected chi connectivity index (χ2v) is 18.1. The fourth-order valence-corrected chi connectivity index (χ4v) is 12.1. The van der Waals surface area contributed by atoms with E-state index in [1.54, 1.807) is 6.07 Å². The number of hydrogen-bond donors (Lipinski definition) is 1. The first-order valence-corrected chi connectivity index (χ1v) is 21.3. The molecule has 3 atom stereocenters. The van der Waals surface area contributed by atoms with Crippen molar-refractivity contribution in [1.82, 2.24) is 19.8 Å². The highest BCUT2D eigenvalue weighted by Gasteiger charge is 2.52. The van der Waals surface area contributed by atoms with Crippen LogP contribution in [0.25, 0.3) is 0 Å². The molecular weight excluding hydrogens is 674 g/mol. The number of nitrogens with zero attached hydrogens (tertiary/aromatic N) is 4. The van der Waals surface area contributed by atoms with Gasteiger partial charge in [-0.2, -0.15) is 0 Å². The van der Waals surface area contributed by atoms with Crippen LogP contribution in [0.5, 0.6) is 0 Å². The van der Waals surface area contributed by atoms with E-state index in [0.29, 0.717) is 23.3 Å². The summed E-state index contributed by atoms with van der Waals surface area (Å²) in [4.78, 5) is 22.8. The first-order valence-electron chi connectivity index (χ1n) is 19.7. The van der Waals surface area contributed by atoms with Crippen LogP contribution in [0.2, 0.25) is 0 Å². The third kappa shape index (κ3) is 7.47. The van der Waals surface area contributed by atoms with Gasteiger partial charge in [0.2, 0.25) is 5.91 Å². The normalized spacial score (nSPS) is 23.6. The molecule has 2 aromatic carbocycles. The van der Waals surface area contributed by atoms with Crippen molar-refractivity contribution < 1.29 is 17.6 Å². The molecule has 3 aromatic rings. The van der Waals surface area contributed by atoms with Crippen LogP contribution in [0.15, 0.2) is 78.5 Å². The van der Waals surface area contributed by atoms with Gasteiger partial charge < -0.3 is 19.7 Å². The van der Waals surface area contributed by atoms with Crippen molar-refractivity contribution in [3.63, 3.8) is 0 Å². The Kier molecular flexibility index (Phi) is 11.2. The zero-order chi connectivity index (χ0) is 36.3. The molecule has 0 radical (unpaired) electrons. The van der Waals surface area contributed by atoms with Crippen LogP contribution >= 0.6 is 0 Å². The number of halogens is 1. The molecule has 4 aliphatic rings. The zero-order valence-corrected chi connectivity index (χ0v) is 31.6. The highest BCUT2D eigenvalue weighted by atomic mass is 32.2. The van der Waals surface area contributed by atoms with E-state index in [4.69, 9.17) is 0 Å². The van der Waals surface area contributed by atoms with Crippen LogP contribution in [0.1, 0.15) is 82.5 Å².